The third kappa shape index (κ3) is 5.24. The van der Waals surface area contributed by atoms with Gasteiger partial charge in [0.2, 0.25) is 11.8 Å². The van der Waals surface area contributed by atoms with Crippen LogP contribution in [-0.4, -0.2) is 57.8 Å². The number of hydrogen-bond donors (Lipinski definition) is 1. The first-order chi connectivity index (χ1) is 16.2. The van der Waals surface area contributed by atoms with E-state index < -0.39 is 5.41 Å². The summed E-state index contributed by atoms with van der Waals surface area (Å²) in [5.41, 5.74) is 7.41. The SMILES string of the molecule is Cc1nc(N)cc(C2(C)CCCN(C(=O)C3(C)CCN(C(=O)CCc4ccccc4)CC3)C2)n1. The molecule has 1 atom stereocenters. The minimum Gasteiger partial charge on any atom is -0.384 e. The molecule has 2 aliphatic heterocycles. The Labute approximate surface area is 202 Å². The number of aromatic nitrogens is 2. The highest BCUT2D eigenvalue weighted by Crippen LogP contribution is 2.38. The third-order valence-corrected chi connectivity index (χ3v) is 7.67. The zero-order chi connectivity index (χ0) is 24.3. The number of piperidine rings is 2. The van der Waals surface area contributed by atoms with E-state index in [1.165, 1.54) is 5.56 Å². The fourth-order valence-electron chi connectivity index (χ4n) is 5.42. The van der Waals surface area contributed by atoms with Gasteiger partial charge >= 0.3 is 0 Å². The van der Waals surface area contributed by atoms with Gasteiger partial charge < -0.3 is 15.5 Å². The van der Waals surface area contributed by atoms with Gasteiger partial charge in [-0.3, -0.25) is 9.59 Å². The van der Waals surface area contributed by atoms with E-state index in [4.69, 9.17) is 5.73 Å². The van der Waals surface area contributed by atoms with Gasteiger partial charge in [0.15, 0.2) is 0 Å². The van der Waals surface area contributed by atoms with Crippen LogP contribution in [0.25, 0.3) is 0 Å². The number of anilines is 1. The van der Waals surface area contributed by atoms with E-state index in [2.05, 4.69) is 35.9 Å². The molecule has 7 heteroatoms. The van der Waals surface area contributed by atoms with Crippen molar-refractivity contribution in [3.05, 3.63) is 53.5 Å². The number of aryl methyl sites for hydroxylation is 2. The molecule has 3 heterocycles. The van der Waals surface area contributed by atoms with E-state index in [-0.39, 0.29) is 17.2 Å². The highest BCUT2D eigenvalue weighted by molar-refractivity contribution is 5.83. The fraction of sp³-hybridized carbons (Fsp3) is 0.556. The van der Waals surface area contributed by atoms with Crippen molar-refractivity contribution < 1.29 is 9.59 Å². The van der Waals surface area contributed by atoms with Crippen molar-refractivity contribution in [3.63, 3.8) is 0 Å². The van der Waals surface area contributed by atoms with E-state index in [1.54, 1.807) is 0 Å². The molecule has 34 heavy (non-hydrogen) atoms. The van der Waals surface area contributed by atoms with E-state index in [1.807, 2.05) is 41.0 Å². The molecule has 0 aliphatic carbocycles. The predicted octanol–water partition coefficient (Wildman–Crippen LogP) is 3.51. The predicted molar refractivity (Wildman–Crippen MR) is 133 cm³/mol. The Morgan fingerprint density at radius 3 is 2.38 bits per heavy atom. The van der Waals surface area contributed by atoms with Crippen LogP contribution in [0.5, 0.6) is 0 Å². The van der Waals surface area contributed by atoms with Crippen LogP contribution in [0.1, 0.15) is 63.0 Å². The lowest BCUT2D eigenvalue weighted by molar-refractivity contribution is -0.149. The highest BCUT2D eigenvalue weighted by Gasteiger charge is 2.44. The van der Waals surface area contributed by atoms with Crippen molar-refractivity contribution in [2.45, 2.75) is 64.7 Å². The van der Waals surface area contributed by atoms with Gasteiger partial charge in [-0.05, 0) is 44.6 Å². The number of carbonyl (C=O) groups excluding carboxylic acids is 2. The van der Waals surface area contributed by atoms with Crippen LogP contribution in [-0.2, 0) is 21.4 Å². The first kappa shape index (κ1) is 24.2. The summed E-state index contributed by atoms with van der Waals surface area (Å²) in [6.07, 6.45) is 4.58. The molecule has 0 bridgehead atoms. The van der Waals surface area contributed by atoms with Gasteiger partial charge in [0, 0.05) is 49.5 Å². The summed E-state index contributed by atoms with van der Waals surface area (Å²) in [7, 11) is 0. The van der Waals surface area contributed by atoms with E-state index in [0.29, 0.717) is 50.5 Å². The molecule has 2 fully saturated rings. The number of carbonyl (C=O) groups is 2. The molecular formula is C27H37N5O2. The average Bonchev–Trinajstić information content (AvgIpc) is 2.82. The molecule has 0 saturated carbocycles. The topological polar surface area (TPSA) is 92.4 Å². The van der Waals surface area contributed by atoms with Crippen LogP contribution in [0.15, 0.2) is 36.4 Å². The fourth-order valence-corrected chi connectivity index (χ4v) is 5.42. The standard InChI is InChI=1S/C27H37N5O2/c1-20-29-22(18-23(28)30-20)27(3)12-7-15-32(19-27)25(34)26(2)13-16-31(17-14-26)24(33)11-10-21-8-5-4-6-9-21/h4-6,8-9,18H,7,10-17,19H2,1-3H3,(H2,28,29,30). The van der Waals surface area contributed by atoms with Crippen LogP contribution in [0.4, 0.5) is 5.82 Å². The zero-order valence-corrected chi connectivity index (χ0v) is 20.7. The number of nitrogen functional groups attached to an aromatic ring is 1. The van der Waals surface area contributed by atoms with E-state index in [0.717, 1.165) is 31.5 Å². The van der Waals surface area contributed by atoms with Crippen molar-refractivity contribution in [1.29, 1.82) is 0 Å². The molecule has 1 aromatic carbocycles. The number of nitrogens with two attached hydrogens (primary N) is 1. The van der Waals surface area contributed by atoms with Crippen molar-refractivity contribution in [3.8, 4) is 0 Å². The van der Waals surface area contributed by atoms with Crippen molar-refractivity contribution in [2.24, 2.45) is 5.41 Å². The molecule has 2 N–H and O–H groups in total. The second-order valence-electron chi connectivity index (χ2n) is 10.5. The van der Waals surface area contributed by atoms with Crippen LogP contribution in [0.3, 0.4) is 0 Å². The Morgan fingerprint density at radius 1 is 1.00 bits per heavy atom. The maximum atomic E-state index is 13.7. The second kappa shape index (κ2) is 9.72. The summed E-state index contributed by atoms with van der Waals surface area (Å²) in [6, 6.07) is 12.0. The minimum atomic E-state index is -0.435. The van der Waals surface area contributed by atoms with Gasteiger partial charge in [-0.1, -0.05) is 44.2 Å². The summed E-state index contributed by atoms with van der Waals surface area (Å²) in [6.45, 7) is 8.78. The Balaban J connectivity index is 1.36. The monoisotopic (exact) mass is 463 g/mol. The molecule has 2 saturated heterocycles. The Kier molecular flexibility index (Phi) is 6.91. The van der Waals surface area contributed by atoms with Gasteiger partial charge in [0.25, 0.3) is 0 Å². The lowest BCUT2D eigenvalue weighted by atomic mass is 9.75. The van der Waals surface area contributed by atoms with Gasteiger partial charge in [-0.15, -0.1) is 0 Å². The summed E-state index contributed by atoms with van der Waals surface area (Å²) in [5.74, 6) is 1.52. The number of nitrogens with zero attached hydrogens (tertiary/aromatic N) is 4. The quantitative estimate of drug-likeness (QED) is 0.733. The third-order valence-electron chi connectivity index (χ3n) is 7.67. The molecule has 0 spiro atoms. The minimum absolute atomic E-state index is 0.181. The number of likely N-dealkylation sites (tertiary alicyclic amines) is 2. The number of benzene rings is 1. The van der Waals surface area contributed by atoms with E-state index in [9.17, 15) is 9.59 Å². The lowest BCUT2D eigenvalue weighted by Crippen LogP contribution is -2.54. The average molecular weight is 464 g/mol. The summed E-state index contributed by atoms with van der Waals surface area (Å²) in [5, 5.41) is 0. The van der Waals surface area contributed by atoms with Crippen LogP contribution < -0.4 is 5.73 Å². The zero-order valence-electron chi connectivity index (χ0n) is 20.7. The van der Waals surface area contributed by atoms with Crippen molar-refractivity contribution in [2.75, 3.05) is 31.9 Å². The normalized spacial score (nSPS) is 22.4. The Hall–Kier alpha value is -2.96. The molecule has 2 aliphatic rings. The van der Waals surface area contributed by atoms with Crippen molar-refractivity contribution >= 4 is 17.6 Å². The Morgan fingerprint density at radius 2 is 1.71 bits per heavy atom. The van der Waals surface area contributed by atoms with Gasteiger partial charge in [-0.2, -0.15) is 0 Å². The molecule has 182 valence electrons. The van der Waals surface area contributed by atoms with E-state index >= 15 is 0 Å². The maximum absolute atomic E-state index is 13.7. The van der Waals surface area contributed by atoms with Crippen LogP contribution in [0.2, 0.25) is 0 Å². The van der Waals surface area contributed by atoms with Crippen molar-refractivity contribution in [1.82, 2.24) is 19.8 Å². The summed E-state index contributed by atoms with van der Waals surface area (Å²) >= 11 is 0. The molecule has 1 unspecified atom stereocenters. The highest BCUT2D eigenvalue weighted by atomic mass is 16.2. The Bertz CT molecular complexity index is 1010. The van der Waals surface area contributed by atoms with Crippen LogP contribution >= 0.6 is 0 Å². The molecule has 1 aromatic heterocycles. The maximum Gasteiger partial charge on any atom is 0.228 e. The number of amides is 2. The molecule has 0 radical (unpaired) electrons. The molecule has 4 rings (SSSR count). The second-order valence-corrected chi connectivity index (χ2v) is 10.5. The van der Waals surface area contributed by atoms with Gasteiger partial charge in [0.1, 0.15) is 11.6 Å². The smallest absolute Gasteiger partial charge is 0.228 e. The van der Waals surface area contributed by atoms with Gasteiger partial charge in [0.05, 0.1) is 5.69 Å². The first-order valence-electron chi connectivity index (χ1n) is 12.4. The number of hydrogen-bond acceptors (Lipinski definition) is 5. The molecule has 7 nitrogen and oxygen atoms in total. The largest absolute Gasteiger partial charge is 0.384 e. The molecule has 2 aromatic rings. The molecular weight excluding hydrogens is 426 g/mol. The lowest BCUT2D eigenvalue weighted by Gasteiger charge is -2.46. The van der Waals surface area contributed by atoms with Crippen LogP contribution in [0, 0.1) is 12.3 Å². The molecule has 2 amide bonds. The van der Waals surface area contributed by atoms with Gasteiger partial charge in [-0.25, -0.2) is 9.97 Å². The summed E-state index contributed by atoms with van der Waals surface area (Å²) < 4.78 is 0. The number of rotatable bonds is 5. The first-order valence-corrected chi connectivity index (χ1v) is 12.4. The summed E-state index contributed by atoms with van der Waals surface area (Å²) in [4.78, 5) is 39.2.